The van der Waals surface area contributed by atoms with Gasteiger partial charge in [0.15, 0.2) is 0 Å². The molecular formula is C21H21F3N2O. The van der Waals surface area contributed by atoms with Gasteiger partial charge in [-0.15, -0.1) is 0 Å². The van der Waals surface area contributed by atoms with Crippen LogP contribution in [0.25, 0.3) is 6.08 Å². The second kappa shape index (κ2) is 7.86. The van der Waals surface area contributed by atoms with Gasteiger partial charge in [-0.3, -0.25) is 4.79 Å². The van der Waals surface area contributed by atoms with Crippen molar-refractivity contribution in [1.82, 2.24) is 4.90 Å². The van der Waals surface area contributed by atoms with Gasteiger partial charge in [-0.1, -0.05) is 24.3 Å². The van der Waals surface area contributed by atoms with E-state index in [2.05, 4.69) is 17.0 Å². The number of hydrogen-bond acceptors (Lipinski definition) is 2. The first-order valence-corrected chi connectivity index (χ1v) is 8.79. The molecule has 0 spiro atoms. The van der Waals surface area contributed by atoms with Gasteiger partial charge in [-0.05, 0) is 48.4 Å². The first kappa shape index (κ1) is 19.0. The summed E-state index contributed by atoms with van der Waals surface area (Å²) in [5.41, 5.74) is 1.97. The SMILES string of the molecule is Cc1cccc(N2CCN(C(=O)/C=C/c3cccc(C(F)(F)F)c3)CC2)c1. The van der Waals surface area contributed by atoms with Gasteiger partial charge in [0.05, 0.1) is 5.56 Å². The molecule has 1 amide bonds. The van der Waals surface area contributed by atoms with Crippen molar-refractivity contribution in [3.8, 4) is 0 Å². The molecule has 0 aromatic heterocycles. The van der Waals surface area contributed by atoms with Crippen molar-refractivity contribution in [2.24, 2.45) is 0 Å². The summed E-state index contributed by atoms with van der Waals surface area (Å²) in [5, 5.41) is 0. The van der Waals surface area contributed by atoms with Crippen LogP contribution in [-0.2, 0) is 11.0 Å². The minimum Gasteiger partial charge on any atom is -0.368 e. The van der Waals surface area contributed by atoms with Crippen LogP contribution in [-0.4, -0.2) is 37.0 Å². The minimum absolute atomic E-state index is 0.184. The molecule has 27 heavy (non-hydrogen) atoms. The van der Waals surface area contributed by atoms with Crippen molar-refractivity contribution < 1.29 is 18.0 Å². The van der Waals surface area contributed by atoms with Gasteiger partial charge in [-0.25, -0.2) is 0 Å². The number of hydrogen-bond donors (Lipinski definition) is 0. The quantitative estimate of drug-likeness (QED) is 0.745. The van der Waals surface area contributed by atoms with Crippen LogP contribution in [0.3, 0.4) is 0 Å². The van der Waals surface area contributed by atoms with Crippen molar-refractivity contribution in [3.63, 3.8) is 0 Å². The molecule has 0 N–H and O–H groups in total. The average molecular weight is 374 g/mol. The van der Waals surface area contributed by atoms with Crippen molar-refractivity contribution in [2.45, 2.75) is 13.1 Å². The molecule has 0 bridgehead atoms. The molecule has 0 saturated carbocycles. The van der Waals surface area contributed by atoms with E-state index in [4.69, 9.17) is 0 Å². The van der Waals surface area contributed by atoms with Crippen LogP contribution in [0.1, 0.15) is 16.7 Å². The fourth-order valence-electron chi connectivity index (χ4n) is 3.10. The molecule has 2 aromatic carbocycles. The molecule has 0 atom stereocenters. The van der Waals surface area contributed by atoms with Crippen molar-refractivity contribution in [2.75, 3.05) is 31.1 Å². The maximum Gasteiger partial charge on any atom is 0.416 e. The van der Waals surface area contributed by atoms with Gasteiger partial charge in [-0.2, -0.15) is 13.2 Å². The number of rotatable bonds is 3. The van der Waals surface area contributed by atoms with Crippen LogP contribution >= 0.6 is 0 Å². The predicted molar refractivity (Wildman–Crippen MR) is 100 cm³/mol. The number of benzene rings is 2. The molecule has 0 aliphatic carbocycles. The Morgan fingerprint density at radius 3 is 2.37 bits per heavy atom. The number of nitrogens with zero attached hydrogens (tertiary/aromatic N) is 2. The van der Waals surface area contributed by atoms with Crippen LogP contribution in [0.5, 0.6) is 0 Å². The summed E-state index contributed by atoms with van der Waals surface area (Å²) < 4.78 is 38.3. The minimum atomic E-state index is -4.39. The van der Waals surface area contributed by atoms with Crippen molar-refractivity contribution in [3.05, 3.63) is 71.3 Å². The maximum absolute atomic E-state index is 12.8. The van der Waals surface area contributed by atoms with E-state index >= 15 is 0 Å². The fourth-order valence-corrected chi connectivity index (χ4v) is 3.10. The number of carbonyl (C=O) groups is 1. The van der Waals surface area contributed by atoms with Crippen molar-refractivity contribution >= 4 is 17.7 Å². The lowest BCUT2D eigenvalue weighted by atomic mass is 10.1. The zero-order valence-electron chi connectivity index (χ0n) is 15.0. The smallest absolute Gasteiger partial charge is 0.368 e. The molecule has 2 aromatic rings. The third kappa shape index (κ3) is 4.90. The summed E-state index contributed by atoms with van der Waals surface area (Å²) >= 11 is 0. The van der Waals surface area contributed by atoms with Gasteiger partial charge in [0.1, 0.15) is 0 Å². The standard InChI is InChI=1S/C21H21F3N2O/c1-16-4-2-7-19(14-16)25-10-12-26(13-11-25)20(27)9-8-17-5-3-6-18(15-17)21(22,23)24/h2-9,14-15H,10-13H2,1H3/b9-8+. The lowest BCUT2D eigenvalue weighted by molar-refractivity contribution is -0.137. The molecule has 3 nitrogen and oxygen atoms in total. The third-order valence-corrected chi connectivity index (χ3v) is 4.59. The van der Waals surface area contributed by atoms with Gasteiger partial charge in [0, 0.05) is 37.9 Å². The summed E-state index contributed by atoms with van der Waals surface area (Å²) in [6.45, 7) is 4.67. The van der Waals surface area contributed by atoms with Gasteiger partial charge < -0.3 is 9.80 Å². The molecule has 0 radical (unpaired) electrons. The molecule has 6 heteroatoms. The third-order valence-electron chi connectivity index (χ3n) is 4.59. The van der Waals surface area contributed by atoms with Crippen molar-refractivity contribution in [1.29, 1.82) is 0 Å². The zero-order chi connectivity index (χ0) is 19.4. The number of carbonyl (C=O) groups excluding carboxylic acids is 1. The number of piperazine rings is 1. The molecule has 1 aliphatic heterocycles. The second-order valence-corrected chi connectivity index (χ2v) is 6.61. The molecule has 142 valence electrons. The monoisotopic (exact) mass is 374 g/mol. The molecule has 1 saturated heterocycles. The Bertz CT molecular complexity index is 837. The Morgan fingerprint density at radius 2 is 1.70 bits per heavy atom. The van der Waals surface area contributed by atoms with E-state index in [1.54, 1.807) is 11.0 Å². The maximum atomic E-state index is 12.8. The predicted octanol–water partition coefficient (Wildman–Crippen LogP) is 4.38. The lowest BCUT2D eigenvalue weighted by Gasteiger charge is -2.35. The van der Waals surface area contributed by atoms with E-state index in [0.29, 0.717) is 18.7 Å². The summed E-state index contributed by atoms with van der Waals surface area (Å²) in [6, 6.07) is 13.2. The highest BCUT2D eigenvalue weighted by molar-refractivity contribution is 5.92. The lowest BCUT2D eigenvalue weighted by Crippen LogP contribution is -2.48. The highest BCUT2D eigenvalue weighted by Crippen LogP contribution is 2.29. The molecule has 0 unspecified atom stereocenters. The fraction of sp³-hybridized carbons (Fsp3) is 0.286. The van der Waals surface area contributed by atoms with Crippen LogP contribution in [0.4, 0.5) is 18.9 Å². The molecule has 1 aliphatic rings. The Balaban J connectivity index is 1.59. The highest BCUT2D eigenvalue weighted by Gasteiger charge is 2.30. The van der Waals surface area contributed by atoms with Gasteiger partial charge >= 0.3 is 6.18 Å². The van der Waals surface area contributed by atoms with E-state index in [1.807, 2.05) is 19.1 Å². The highest BCUT2D eigenvalue weighted by atomic mass is 19.4. The van der Waals surface area contributed by atoms with E-state index in [0.717, 1.165) is 30.9 Å². The number of anilines is 1. The van der Waals surface area contributed by atoms with Gasteiger partial charge in [0.2, 0.25) is 5.91 Å². The van der Waals surface area contributed by atoms with E-state index < -0.39 is 11.7 Å². The molecule has 1 fully saturated rings. The molecular weight excluding hydrogens is 353 g/mol. The van der Waals surface area contributed by atoms with E-state index in [9.17, 15) is 18.0 Å². The first-order valence-electron chi connectivity index (χ1n) is 8.79. The molecule has 1 heterocycles. The summed E-state index contributed by atoms with van der Waals surface area (Å²) in [6.07, 6.45) is -1.61. The summed E-state index contributed by atoms with van der Waals surface area (Å²) in [4.78, 5) is 16.3. The first-order chi connectivity index (χ1) is 12.8. The summed E-state index contributed by atoms with van der Waals surface area (Å²) in [7, 11) is 0. The van der Waals surface area contributed by atoms with E-state index in [-0.39, 0.29) is 5.91 Å². The number of halogens is 3. The number of amides is 1. The summed E-state index contributed by atoms with van der Waals surface area (Å²) in [5.74, 6) is -0.184. The largest absolute Gasteiger partial charge is 0.416 e. The van der Waals surface area contributed by atoms with E-state index in [1.165, 1.54) is 23.8 Å². The Kier molecular flexibility index (Phi) is 5.54. The molecule has 3 rings (SSSR count). The second-order valence-electron chi connectivity index (χ2n) is 6.61. The topological polar surface area (TPSA) is 23.6 Å². The average Bonchev–Trinajstić information content (AvgIpc) is 2.66. The van der Waals surface area contributed by atoms with Crippen LogP contribution in [0, 0.1) is 6.92 Å². The normalized spacial score (nSPS) is 15.4. The Labute approximate surface area is 156 Å². The van der Waals surface area contributed by atoms with Crippen LogP contribution in [0.15, 0.2) is 54.6 Å². The zero-order valence-corrected chi connectivity index (χ0v) is 15.0. The van der Waals surface area contributed by atoms with Crippen LogP contribution in [0.2, 0.25) is 0 Å². The Hall–Kier alpha value is -2.76. The number of alkyl halides is 3. The Morgan fingerprint density at radius 1 is 1.00 bits per heavy atom. The van der Waals surface area contributed by atoms with Gasteiger partial charge in [0.25, 0.3) is 0 Å². The number of aryl methyl sites for hydroxylation is 1. The van der Waals surface area contributed by atoms with Crippen LogP contribution < -0.4 is 4.90 Å².